The van der Waals surface area contributed by atoms with Crippen LogP contribution in [-0.2, 0) is 4.84 Å². The van der Waals surface area contributed by atoms with Gasteiger partial charge in [0, 0.05) is 0 Å². The molecular formula is C6H16N6O. The van der Waals surface area contributed by atoms with Crippen molar-refractivity contribution < 1.29 is 4.84 Å². The minimum atomic E-state index is -0.284. The number of hydroxylamine groups is 1. The Balaban J connectivity index is 3.55. The van der Waals surface area contributed by atoms with Gasteiger partial charge in [-0.05, 0) is 5.92 Å². The summed E-state index contributed by atoms with van der Waals surface area (Å²) >= 11 is 0. The van der Waals surface area contributed by atoms with Crippen LogP contribution in [0.15, 0.2) is 5.10 Å². The summed E-state index contributed by atoms with van der Waals surface area (Å²) in [4.78, 5) is 4.93. The summed E-state index contributed by atoms with van der Waals surface area (Å²) in [5.74, 6) is 0.144. The lowest BCUT2D eigenvalue weighted by Crippen LogP contribution is -2.37. The topological polar surface area (TPSA) is 122 Å². The molecule has 0 saturated heterocycles. The van der Waals surface area contributed by atoms with Gasteiger partial charge in [0.2, 0.25) is 11.9 Å². The molecule has 0 rings (SSSR count). The maximum atomic E-state index is 6.77. The van der Waals surface area contributed by atoms with Gasteiger partial charge >= 0.3 is 0 Å². The monoisotopic (exact) mass is 188 g/mol. The van der Waals surface area contributed by atoms with E-state index in [1.807, 2.05) is 13.8 Å². The molecule has 0 fully saturated rings. The van der Waals surface area contributed by atoms with Crippen LogP contribution < -0.4 is 22.4 Å². The fourth-order valence-corrected chi connectivity index (χ4v) is 0.426. The van der Waals surface area contributed by atoms with Crippen LogP contribution in [0, 0.1) is 11.3 Å². The van der Waals surface area contributed by atoms with E-state index in [0.717, 1.165) is 0 Å². The Hall–Kier alpha value is -1.50. The first-order valence-corrected chi connectivity index (χ1v) is 3.83. The van der Waals surface area contributed by atoms with E-state index in [2.05, 4.69) is 16.0 Å². The molecule has 0 saturated carbocycles. The molecule has 0 aromatic carbocycles. The molecule has 0 aromatic rings. The van der Waals surface area contributed by atoms with E-state index in [1.165, 1.54) is 0 Å². The zero-order valence-corrected chi connectivity index (χ0v) is 7.79. The molecule has 0 aliphatic carbocycles. The highest BCUT2D eigenvalue weighted by Crippen LogP contribution is 1.88. The van der Waals surface area contributed by atoms with Crippen molar-refractivity contribution >= 4 is 11.9 Å². The zero-order valence-electron chi connectivity index (χ0n) is 7.79. The first-order valence-electron chi connectivity index (χ1n) is 3.83. The highest BCUT2D eigenvalue weighted by Gasteiger charge is 1.94. The number of nitrogens with zero attached hydrogens (tertiary/aromatic N) is 1. The number of rotatable bonds is 4. The fraction of sp³-hybridized carbons (Fsp3) is 0.667. The number of nitrogens with one attached hydrogen (secondary N) is 3. The maximum absolute atomic E-state index is 6.77. The Bertz CT molecular complexity index is 190. The Morgan fingerprint density at radius 3 is 2.62 bits per heavy atom. The van der Waals surface area contributed by atoms with Gasteiger partial charge in [-0.3, -0.25) is 10.2 Å². The third-order valence-electron chi connectivity index (χ3n) is 0.890. The molecule has 0 radical (unpaired) electrons. The van der Waals surface area contributed by atoms with E-state index < -0.39 is 0 Å². The summed E-state index contributed by atoms with van der Waals surface area (Å²) in [7, 11) is 0. The summed E-state index contributed by atoms with van der Waals surface area (Å²) in [6.45, 7) is 4.53. The minimum Gasteiger partial charge on any atom is -0.369 e. The Morgan fingerprint density at radius 2 is 2.15 bits per heavy atom. The summed E-state index contributed by atoms with van der Waals surface area (Å²) in [6.07, 6.45) is 0. The fourth-order valence-electron chi connectivity index (χ4n) is 0.426. The van der Waals surface area contributed by atoms with Gasteiger partial charge in [-0.2, -0.15) is 0 Å². The number of guanidine groups is 2. The van der Waals surface area contributed by atoms with Crippen LogP contribution in [0.25, 0.3) is 0 Å². The molecule has 0 aliphatic heterocycles. The van der Waals surface area contributed by atoms with E-state index >= 15 is 0 Å². The summed E-state index contributed by atoms with van der Waals surface area (Å²) in [5.41, 5.74) is 14.8. The third kappa shape index (κ3) is 8.41. The molecule has 7 N–H and O–H groups in total. The van der Waals surface area contributed by atoms with Crippen LogP contribution in [0.1, 0.15) is 13.8 Å². The van der Waals surface area contributed by atoms with E-state index in [9.17, 15) is 0 Å². The molecule has 76 valence electrons. The van der Waals surface area contributed by atoms with Crippen molar-refractivity contribution in [1.29, 1.82) is 5.41 Å². The van der Waals surface area contributed by atoms with Crippen molar-refractivity contribution in [2.45, 2.75) is 13.8 Å². The quantitative estimate of drug-likeness (QED) is 0.217. The van der Waals surface area contributed by atoms with Crippen molar-refractivity contribution in [2.75, 3.05) is 6.61 Å². The van der Waals surface area contributed by atoms with Crippen molar-refractivity contribution in [3.63, 3.8) is 0 Å². The van der Waals surface area contributed by atoms with Crippen LogP contribution >= 0.6 is 0 Å². The van der Waals surface area contributed by atoms with Crippen LogP contribution in [-0.4, -0.2) is 18.5 Å². The molecule has 0 spiro atoms. The van der Waals surface area contributed by atoms with E-state index in [-0.39, 0.29) is 11.9 Å². The summed E-state index contributed by atoms with van der Waals surface area (Å²) in [5, 5.41) is 10.2. The Morgan fingerprint density at radius 1 is 1.54 bits per heavy atom. The third-order valence-corrected chi connectivity index (χ3v) is 0.890. The van der Waals surface area contributed by atoms with Crippen LogP contribution in [0.5, 0.6) is 0 Å². The van der Waals surface area contributed by atoms with E-state index in [1.54, 1.807) is 0 Å². The molecular weight excluding hydrogens is 172 g/mol. The maximum Gasteiger partial charge on any atom is 0.235 e. The average Bonchev–Trinajstić information content (AvgIpc) is 2.00. The summed E-state index contributed by atoms with van der Waals surface area (Å²) < 4.78 is 0. The molecule has 0 heterocycles. The average molecular weight is 188 g/mol. The molecule has 0 amide bonds. The highest BCUT2D eigenvalue weighted by molar-refractivity contribution is 5.80. The first kappa shape index (κ1) is 11.5. The van der Waals surface area contributed by atoms with Crippen molar-refractivity contribution in [2.24, 2.45) is 22.5 Å². The van der Waals surface area contributed by atoms with Gasteiger partial charge in [0.05, 0.1) is 6.61 Å². The van der Waals surface area contributed by atoms with Crippen molar-refractivity contribution in [3.05, 3.63) is 0 Å². The van der Waals surface area contributed by atoms with Gasteiger partial charge in [-0.1, -0.05) is 13.8 Å². The Kier molecular flexibility index (Phi) is 5.37. The normalized spacial score (nSPS) is 11.5. The van der Waals surface area contributed by atoms with E-state index in [4.69, 9.17) is 21.7 Å². The lowest BCUT2D eigenvalue weighted by Gasteiger charge is -2.07. The standard InChI is InChI=1S/C6H16N6O/c1-4(2)3-13-12-6(9)11-10-5(7)8/h4H,3H2,1-2H3,(H4,7,8,10)(H3,9,11,12). The SMILES string of the molecule is CC(C)CONC(N)=NNC(=N)N. The molecule has 0 atom stereocenters. The zero-order chi connectivity index (χ0) is 10.3. The highest BCUT2D eigenvalue weighted by atomic mass is 16.6. The smallest absolute Gasteiger partial charge is 0.235 e. The van der Waals surface area contributed by atoms with Crippen molar-refractivity contribution in [1.82, 2.24) is 10.9 Å². The van der Waals surface area contributed by atoms with Gasteiger partial charge in [0.25, 0.3) is 0 Å². The second-order valence-corrected chi connectivity index (χ2v) is 2.83. The van der Waals surface area contributed by atoms with Crippen LogP contribution in [0.4, 0.5) is 0 Å². The molecule has 0 bridgehead atoms. The Labute approximate surface area is 77.0 Å². The number of hydrazone groups is 1. The molecule has 0 aromatic heterocycles. The van der Waals surface area contributed by atoms with Gasteiger partial charge < -0.3 is 11.5 Å². The largest absolute Gasteiger partial charge is 0.369 e. The molecule has 7 heteroatoms. The lowest BCUT2D eigenvalue weighted by molar-refractivity contribution is 0.0630. The molecule has 7 nitrogen and oxygen atoms in total. The predicted octanol–water partition coefficient (Wildman–Crippen LogP) is -1.12. The minimum absolute atomic E-state index is 0.0239. The van der Waals surface area contributed by atoms with Gasteiger partial charge in [0.15, 0.2) is 0 Å². The van der Waals surface area contributed by atoms with Crippen LogP contribution in [0.3, 0.4) is 0 Å². The van der Waals surface area contributed by atoms with Gasteiger partial charge in [0.1, 0.15) is 0 Å². The number of hydrogen-bond donors (Lipinski definition) is 5. The van der Waals surface area contributed by atoms with Crippen LogP contribution in [0.2, 0.25) is 0 Å². The van der Waals surface area contributed by atoms with E-state index in [0.29, 0.717) is 12.5 Å². The molecule has 0 aliphatic rings. The predicted molar refractivity (Wildman–Crippen MR) is 50.6 cm³/mol. The number of nitrogens with two attached hydrogens (primary N) is 2. The lowest BCUT2D eigenvalue weighted by atomic mass is 10.2. The number of hydrogen-bond acceptors (Lipinski definition) is 3. The molecule has 13 heavy (non-hydrogen) atoms. The van der Waals surface area contributed by atoms with Crippen molar-refractivity contribution in [3.8, 4) is 0 Å². The second kappa shape index (κ2) is 6.06. The van der Waals surface area contributed by atoms with Gasteiger partial charge in [-0.25, -0.2) is 10.9 Å². The second-order valence-electron chi connectivity index (χ2n) is 2.83. The summed E-state index contributed by atoms with van der Waals surface area (Å²) in [6, 6.07) is 0. The molecule has 0 unspecified atom stereocenters. The van der Waals surface area contributed by atoms with Gasteiger partial charge in [-0.15, -0.1) is 5.10 Å². The first-order chi connectivity index (χ1) is 6.02.